The fourth-order valence-electron chi connectivity index (χ4n) is 7.23. The van der Waals surface area contributed by atoms with Gasteiger partial charge in [-0.05, 0) is 86.9 Å². The maximum Gasteiger partial charge on any atom is -0.00199 e. The predicted molar refractivity (Wildman–Crippen MR) is 182 cm³/mol. The third-order valence-corrected chi connectivity index (χ3v) is 9.03. The second-order valence-electron chi connectivity index (χ2n) is 11.2. The van der Waals surface area contributed by atoms with Gasteiger partial charge in [-0.3, -0.25) is 0 Å². The molecular weight excluding hydrogens is 504 g/mol. The molecule has 0 aliphatic rings. The van der Waals surface area contributed by atoms with Crippen LogP contribution in [0.1, 0.15) is 0 Å². The Labute approximate surface area is 244 Å². The summed E-state index contributed by atoms with van der Waals surface area (Å²) in [6.07, 6.45) is 0. The lowest BCUT2D eigenvalue weighted by Gasteiger charge is -2.20. The van der Waals surface area contributed by atoms with Crippen LogP contribution < -0.4 is 0 Å². The summed E-state index contributed by atoms with van der Waals surface area (Å²) in [5.41, 5.74) is 5.17. The first-order valence-corrected chi connectivity index (χ1v) is 14.6. The molecular formula is C42H26. The monoisotopic (exact) mass is 530 g/mol. The number of hydrogen-bond acceptors (Lipinski definition) is 0. The summed E-state index contributed by atoms with van der Waals surface area (Å²) < 4.78 is 0. The van der Waals surface area contributed by atoms with Gasteiger partial charge in [-0.2, -0.15) is 0 Å². The van der Waals surface area contributed by atoms with Crippen LogP contribution in [0.5, 0.6) is 0 Å². The Bertz CT molecular complexity index is 2460. The molecule has 0 atom stereocenters. The van der Waals surface area contributed by atoms with Gasteiger partial charge in [0.1, 0.15) is 0 Å². The standard InChI is InChI=1S/C42H26/c1-3-14-30-27(11-1)25-26-33-32(30)20-10-21-34(33)41-35-16-5-7-18-37(35)42(38-19-8-6-17-36(38)41)39-22-9-13-29-24-23-28-12-2-4-15-31(28)40(29)39/h1-26H. The van der Waals surface area contributed by atoms with E-state index in [2.05, 4.69) is 158 Å². The molecule has 0 nitrogen and oxygen atoms in total. The first kappa shape index (κ1) is 23.3. The molecule has 0 aromatic heterocycles. The third-order valence-electron chi connectivity index (χ3n) is 9.03. The molecule has 0 saturated heterocycles. The molecule has 9 aromatic rings. The van der Waals surface area contributed by atoms with E-state index in [1.807, 2.05) is 0 Å². The number of benzene rings is 9. The molecule has 0 heteroatoms. The van der Waals surface area contributed by atoms with Gasteiger partial charge < -0.3 is 0 Å². The highest BCUT2D eigenvalue weighted by molar-refractivity contribution is 6.28. The lowest BCUT2D eigenvalue weighted by Crippen LogP contribution is -1.93. The lowest BCUT2D eigenvalue weighted by atomic mass is 9.83. The molecule has 0 heterocycles. The van der Waals surface area contributed by atoms with E-state index in [-0.39, 0.29) is 0 Å². The number of rotatable bonds is 2. The van der Waals surface area contributed by atoms with Crippen LogP contribution in [0.15, 0.2) is 158 Å². The molecule has 0 saturated carbocycles. The van der Waals surface area contributed by atoms with Crippen molar-refractivity contribution >= 4 is 64.6 Å². The molecule has 0 aliphatic carbocycles. The zero-order chi connectivity index (χ0) is 27.6. The molecule has 0 bridgehead atoms. The topological polar surface area (TPSA) is 0 Å². The normalized spacial score (nSPS) is 11.8. The SMILES string of the molecule is c1ccc2c(c1)ccc1c(-c3c4ccccc4c(-c4cccc5ccc6ccccc6c45)c4ccccc34)cccc12. The fraction of sp³-hybridized carbons (Fsp3) is 0. The van der Waals surface area contributed by atoms with Gasteiger partial charge in [0, 0.05) is 0 Å². The quantitative estimate of drug-likeness (QED) is 0.154. The Hall–Kier alpha value is -5.46. The van der Waals surface area contributed by atoms with Gasteiger partial charge >= 0.3 is 0 Å². The van der Waals surface area contributed by atoms with E-state index in [4.69, 9.17) is 0 Å². The molecule has 0 unspecified atom stereocenters. The van der Waals surface area contributed by atoms with E-state index in [0.717, 1.165) is 0 Å². The van der Waals surface area contributed by atoms with Crippen molar-refractivity contribution in [3.05, 3.63) is 158 Å². The highest BCUT2D eigenvalue weighted by atomic mass is 14.2. The average Bonchev–Trinajstić information content (AvgIpc) is 3.06. The summed E-state index contributed by atoms with van der Waals surface area (Å²) in [6.45, 7) is 0. The second kappa shape index (κ2) is 9.03. The highest BCUT2D eigenvalue weighted by Gasteiger charge is 2.19. The zero-order valence-corrected chi connectivity index (χ0v) is 23.0. The first-order valence-electron chi connectivity index (χ1n) is 14.6. The fourth-order valence-corrected chi connectivity index (χ4v) is 7.23. The van der Waals surface area contributed by atoms with Crippen LogP contribution in [0.25, 0.3) is 86.9 Å². The molecule has 0 amide bonds. The Morgan fingerprint density at radius 2 is 0.643 bits per heavy atom. The van der Waals surface area contributed by atoms with Crippen molar-refractivity contribution in [2.45, 2.75) is 0 Å². The Morgan fingerprint density at radius 1 is 0.214 bits per heavy atom. The van der Waals surface area contributed by atoms with Gasteiger partial charge in [0.2, 0.25) is 0 Å². The largest absolute Gasteiger partial charge is 0.0616 e. The van der Waals surface area contributed by atoms with Gasteiger partial charge in [0.15, 0.2) is 0 Å². The van der Waals surface area contributed by atoms with Gasteiger partial charge in [0.05, 0.1) is 0 Å². The van der Waals surface area contributed by atoms with Crippen LogP contribution in [0.2, 0.25) is 0 Å². The summed E-state index contributed by atoms with van der Waals surface area (Å²) in [5, 5.41) is 15.4. The van der Waals surface area contributed by atoms with Crippen molar-refractivity contribution in [3.63, 3.8) is 0 Å². The van der Waals surface area contributed by atoms with Crippen molar-refractivity contribution in [2.24, 2.45) is 0 Å². The molecule has 0 fully saturated rings. The van der Waals surface area contributed by atoms with Crippen molar-refractivity contribution in [1.82, 2.24) is 0 Å². The van der Waals surface area contributed by atoms with Crippen molar-refractivity contribution in [2.75, 3.05) is 0 Å². The van der Waals surface area contributed by atoms with Crippen LogP contribution in [0.3, 0.4) is 0 Å². The van der Waals surface area contributed by atoms with E-state index in [9.17, 15) is 0 Å². The molecule has 194 valence electrons. The zero-order valence-electron chi connectivity index (χ0n) is 23.0. The Kier molecular flexibility index (Phi) is 5.00. The molecule has 0 spiro atoms. The minimum Gasteiger partial charge on any atom is -0.0616 e. The summed E-state index contributed by atoms with van der Waals surface area (Å²) >= 11 is 0. The maximum atomic E-state index is 2.31. The Balaban J connectivity index is 1.46. The molecule has 9 rings (SSSR count). The second-order valence-corrected chi connectivity index (χ2v) is 11.2. The van der Waals surface area contributed by atoms with Crippen molar-refractivity contribution in [3.8, 4) is 22.3 Å². The molecule has 42 heavy (non-hydrogen) atoms. The average molecular weight is 531 g/mol. The van der Waals surface area contributed by atoms with Crippen LogP contribution in [0.4, 0.5) is 0 Å². The smallest absolute Gasteiger partial charge is 0.00199 e. The minimum absolute atomic E-state index is 1.27. The van der Waals surface area contributed by atoms with Gasteiger partial charge in [0.25, 0.3) is 0 Å². The number of hydrogen-bond donors (Lipinski definition) is 0. The Morgan fingerprint density at radius 3 is 1.33 bits per heavy atom. The van der Waals surface area contributed by atoms with Crippen molar-refractivity contribution < 1.29 is 0 Å². The third kappa shape index (κ3) is 3.30. The minimum atomic E-state index is 1.27. The van der Waals surface area contributed by atoms with Gasteiger partial charge in [-0.15, -0.1) is 0 Å². The van der Waals surface area contributed by atoms with Crippen LogP contribution in [-0.2, 0) is 0 Å². The number of fused-ring (bicyclic) bond motifs is 8. The summed E-state index contributed by atoms with van der Waals surface area (Å²) in [5.74, 6) is 0. The van der Waals surface area contributed by atoms with E-state index in [1.54, 1.807) is 0 Å². The first-order chi connectivity index (χ1) is 20.9. The predicted octanol–water partition coefficient (Wildman–Crippen LogP) is 11.9. The van der Waals surface area contributed by atoms with Gasteiger partial charge in [-0.1, -0.05) is 158 Å². The van der Waals surface area contributed by atoms with Crippen molar-refractivity contribution in [1.29, 1.82) is 0 Å². The summed E-state index contributed by atoms with van der Waals surface area (Å²) in [4.78, 5) is 0. The molecule has 0 N–H and O–H groups in total. The van der Waals surface area contributed by atoms with Crippen LogP contribution >= 0.6 is 0 Å². The molecule has 0 radical (unpaired) electrons. The molecule has 0 aliphatic heterocycles. The van der Waals surface area contributed by atoms with Gasteiger partial charge in [-0.25, -0.2) is 0 Å². The van der Waals surface area contributed by atoms with E-state index < -0.39 is 0 Å². The summed E-state index contributed by atoms with van der Waals surface area (Å²) in [7, 11) is 0. The summed E-state index contributed by atoms with van der Waals surface area (Å²) in [6, 6.07) is 58.1. The van der Waals surface area contributed by atoms with Crippen LogP contribution in [0, 0.1) is 0 Å². The maximum absolute atomic E-state index is 2.31. The lowest BCUT2D eigenvalue weighted by molar-refractivity contribution is 1.69. The highest BCUT2D eigenvalue weighted by Crippen LogP contribution is 2.47. The van der Waals surface area contributed by atoms with Crippen LogP contribution in [-0.4, -0.2) is 0 Å². The molecule has 9 aromatic carbocycles. The van der Waals surface area contributed by atoms with E-state index in [1.165, 1.54) is 86.9 Å². The van der Waals surface area contributed by atoms with E-state index >= 15 is 0 Å². The van der Waals surface area contributed by atoms with E-state index in [0.29, 0.717) is 0 Å².